The van der Waals surface area contributed by atoms with Gasteiger partial charge in [-0.3, -0.25) is 4.52 Å². The van der Waals surface area contributed by atoms with Crippen LogP contribution in [-0.4, -0.2) is 125 Å². The van der Waals surface area contributed by atoms with Crippen LogP contribution in [0.1, 0.15) is 66.2 Å². The van der Waals surface area contributed by atoms with Crippen molar-refractivity contribution in [2.75, 3.05) is 31.1 Å². The molecule has 0 aromatic rings. The van der Waals surface area contributed by atoms with Crippen LogP contribution < -0.4 is 5.32 Å². The quantitative estimate of drug-likeness (QED) is 0.0741. The number of hydrogen-bond donors (Lipinski definition) is 3. The van der Waals surface area contributed by atoms with E-state index in [1.807, 2.05) is 56.3 Å². The average Bonchev–Trinajstić information content (AvgIpc) is 3.82. The molecule has 11 nitrogen and oxygen atoms in total. The third-order valence-corrected chi connectivity index (χ3v) is 15.8. The topological polar surface area (TPSA) is 104 Å². The van der Waals surface area contributed by atoms with Gasteiger partial charge in [0, 0.05) is 38.3 Å². The van der Waals surface area contributed by atoms with E-state index in [4.69, 9.17) is 62.3 Å². The molecule has 0 amide bonds. The molecule has 9 unspecified atom stereocenters. The van der Waals surface area contributed by atoms with E-state index in [0.29, 0.717) is 19.4 Å². The first-order chi connectivity index (χ1) is 23.5. The van der Waals surface area contributed by atoms with Crippen molar-refractivity contribution in [3.8, 4) is 0 Å². The van der Waals surface area contributed by atoms with Crippen LogP contribution in [0.25, 0.3) is 0 Å². The first kappa shape index (κ1) is 34.3. The van der Waals surface area contributed by atoms with Gasteiger partial charge >= 0.3 is 6.72 Å². The number of halogens is 2. The lowest BCUT2D eigenvalue weighted by Gasteiger charge is -2.34. The van der Waals surface area contributed by atoms with E-state index in [-0.39, 0.29) is 42.8 Å². The summed E-state index contributed by atoms with van der Waals surface area (Å²) in [7, 11) is -2.17. The smallest absolute Gasteiger partial charge is 0.328 e. The molecule has 1 spiro atoms. The highest BCUT2D eigenvalue weighted by Crippen LogP contribution is 2.58. The van der Waals surface area contributed by atoms with Gasteiger partial charge in [-0.1, -0.05) is 13.8 Å². The molecule has 4 heterocycles. The van der Waals surface area contributed by atoms with Crippen molar-refractivity contribution >= 4 is 93.1 Å². The molecule has 46 heavy (non-hydrogen) atoms. The molecule has 4 saturated heterocycles. The summed E-state index contributed by atoms with van der Waals surface area (Å²) in [6, 6.07) is 0.197. The minimum absolute atomic E-state index is 0.00171. The van der Waals surface area contributed by atoms with Gasteiger partial charge in [0.15, 0.2) is 12.1 Å². The van der Waals surface area contributed by atoms with Crippen LogP contribution in [0.4, 0.5) is 0 Å². The monoisotopic (exact) mass is 957 g/mol. The lowest BCUT2D eigenvalue weighted by Crippen LogP contribution is -2.43. The van der Waals surface area contributed by atoms with Gasteiger partial charge in [0.25, 0.3) is 0 Å². The van der Waals surface area contributed by atoms with Crippen LogP contribution in [0.5, 0.6) is 0 Å². The lowest BCUT2D eigenvalue weighted by atomic mass is 10.1. The molecule has 0 aromatic heterocycles. The molecular weight excluding hydrogens is 901 g/mol. The highest BCUT2D eigenvalue weighted by atomic mass is 127. The molecule has 0 aromatic carbocycles. The molecule has 1 aliphatic carbocycles. The minimum Gasteiger partial charge on any atom is -0.370 e. The first-order valence-electron chi connectivity index (χ1n) is 18.0. The summed E-state index contributed by atoms with van der Waals surface area (Å²) in [5.74, 6) is -0.699. The van der Waals surface area contributed by atoms with E-state index < -0.39 is 78.0 Å². The summed E-state index contributed by atoms with van der Waals surface area (Å²) in [5.41, 5.74) is 0.407. The molecule has 266 valence electrons. The zero-order valence-electron chi connectivity index (χ0n) is 30.8. The van der Waals surface area contributed by atoms with E-state index in [1.165, 1.54) is 15.6 Å². The van der Waals surface area contributed by atoms with Gasteiger partial charge in [0.2, 0.25) is 0 Å². The van der Waals surface area contributed by atoms with Gasteiger partial charge < -0.3 is 46.4 Å². The molecule has 0 bridgehead atoms. The highest BCUT2D eigenvalue weighted by Gasteiger charge is 2.60. The zero-order valence-corrected chi connectivity index (χ0v) is 34.5. The second-order valence-electron chi connectivity index (χ2n) is 12.7. The molecule has 1 saturated carbocycles. The van der Waals surface area contributed by atoms with Crippen LogP contribution in [0.3, 0.4) is 0 Å². The summed E-state index contributed by atoms with van der Waals surface area (Å²) in [5, 5.41) is 3.44. The maximum absolute atomic E-state index is 8.62. The standard InChI is InChI=1S/C27H50B2I2NO10PS3/c1-16(2)32-11-21-24(25-26(37-21)39-27(38-25)7-5-6-8-27)41-43(44,33-12-22-20(10-18(4)35-22)42-46(31)15-29)40-19-9-17(3)36-23(19)13-34-45(30)14-28/h16-26,28-29,32,45-46H,5-15H2,1-4H3/t17?,18?,19?,20?,21-,22?,23?,24+,25-,26-,43?/m0/s1/i28T,29T,45D,46D. The van der Waals surface area contributed by atoms with Gasteiger partial charge in [-0.25, -0.2) is 0 Å². The predicted octanol–water partition coefficient (Wildman–Crippen LogP) is 4.41. The Hall–Kier alpha value is 2.50. The Morgan fingerprint density at radius 3 is 2.37 bits per heavy atom. The Morgan fingerprint density at radius 1 is 1.00 bits per heavy atom. The van der Waals surface area contributed by atoms with Crippen molar-refractivity contribution in [2.24, 2.45) is 0 Å². The maximum Gasteiger partial charge on any atom is 0.328 e. The Kier molecular flexibility index (Phi) is 13.4. The minimum atomic E-state index is -3.64. The number of thiol groups is 2. The van der Waals surface area contributed by atoms with Crippen LogP contribution >= 0.6 is 65.6 Å². The van der Waals surface area contributed by atoms with Crippen LogP contribution in [0, 0.1) is 0 Å². The molecule has 5 fully saturated rings. The third-order valence-electron chi connectivity index (χ3n) is 8.58. The number of rotatable bonds is 19. The predicted molar refractivity (Wildman–Crippen MR) is 208 cm³/mol. The molecule has 13 atom stereocenters. The Bertz CT molecular complexity index is 1170. The van der Waals surface area contributed by atoms with Crippen molar-refractivity contribution in [3.05, 3.63) is 0 Å². The number of nitrogens with one attached hydrogen (secondary N) is 1. The average molecular weight is 957 g/mol. The fraction of sp³-hybridized carbons (Fsp3) is 1.00. The van der Waals surface area contributed by atoms with E-state index in [2.05, 4.69) is 19.2 Å². The fourth-order valence-corrected chi connectivity index (χ4v) is 11.1. The summed E-state index contributed by atoms with van der Waals surface area (Å²) >= 11 is 10.2. The van der Waals surface area contributed by atoms with Crippen LogP contribution in [0.2, 0.25) is 0 Å². The molecule has 4 aliphatic heterocycles. The van der Waals surface area contributed by atoms with E-state index in [1.54, 1.807) is 0 Å². The van der Waals surface area contributed by atoms with Crippen molar-refractivity contribution in [1.29, 1.82) is 4.92 Å². The van der Waals surface area contributed by atoms with Crippen LogP contribution in [0.15, 0.2) is 0 Å². The SMILES string of the molecule is [2H]S(I)(C[B][3H])OCC1OC(C)CC1OP(=S)(OCC1OC(C)CC1OS([2H])(I)C[B][3H])O[C@H]1[C@@H]2OC3(CCCC3)O[C@@H]2O[C@H]1CNC(C)C. The summed E-state index contributed by atoms with van der Waals surface area (Å²) in [6.07, 6.45) is 0.00819. The van der Waals surface area contributed by atoms with Crippen LogP contribution in [-0.2, 0) is 57.4 Å². The Morgan fingerprint density at radius 2 is 1.67 bits per heavy atom. The largest absolute Gasteiger partial charge is 0.370 e. The molecule has 19 heteroatoms. The second kappa shape index (κ2) is 18.0. The second-order valence-corrected chi connectivity index (χ2v) is 23.7. The first-order valence-corrected chi connectivity index (χ1v) is 26.3. The Labute approximate surface area is 316 Å². The van der Waals surface area contributed by atoms with Gasteiger partial charge in [0.05, 0.1) is 31.5 Å². The molecule has 2 radical (unpaired) electrons. The van der Waals surface area contributed by atoms with Crippen molar-refractivity contribution < 1.29 is 45.6 Å². The summed E-state index contributed by atoms with van der Waals surface area (Å²) in [4.78, 5) is 0. The highest BCUT2D eigenvalue weighted by molar-refractivity contribution is 14.2. The molecule has 1 N–H and O–H groups in total. The van der Waals surface area contributed by atoms with E-state index in [0.717, 1.165) is 25.7 Å². The van der Waals surface area contributed by atoms with Gasteiger partial charge in [-0.2, -0.15) is 0 Å². The summed E-state index contributed by atoms with van der Waals surface area (Å²) in [6.45, 7) is 4.94. The Balaban J connectivity index is 1.38. The van der Waals surface area contributed by atoms with Crippen molar-refractivity contribution in [3.63, 3.8) is 0 Å². The molecule has 5 rings (SSSR count). The summed E-state index contributed by atoms with van der Waals surface area (Å²) < 4.78 is 96.2. The maximum atomic E-state index is 8.62. The van der Waals surface area contributed by atoms with Gasteiger partial charge in [0.1, 0.15) is 54.5 Å². The number of ether oxygens (including phenoxy) is 5. The third kappa shape index (κ3) is 10.6. The zero-order chi connectivity index (χ0) is 36.3. The lowest BCUT2D eigenvalue weighted by molar-refractivity contribution is -0.228. The van der Waals surface area contributed by atoms with Gasteiger partial charge in [-0.05, 0) is 94.9 Å². The molecule has 5 aliphatic rings. The van der Waals surface area contributed by atoms with Crippen molar-refractivity contribution in [2.45, 2.75) is 139 Å². The van der Waals surface area contributed by atoms with E-state index in [9.17, 15) is 0 Å². The van der Waals surface area contributed by atoms with E-state index >= 15 is 0 Å². The normalized spacial score (nSPS) is 43.5. The number of fused-ring (bicyclic) bond motifs is 1. The van der Waals surface area contributed by atoms with Crippen molar-refractivity contribution in [1.82, 2.24) is 5.32 Å². The van der Waals surface area contributed by atoms with Gasteiger partial charge in [-0.15, -0.1) is 16.5 Å². The fourth-order valence-electron chi connectivity index (χ4n) is 6.47. The molecular formula is C27H50B2I2NO10PS3. The number of hydrogen-bond acceptors (Lipinski definition) is 12.